The summed E-state index contributed by atoms with van der Waals surface area (Å²) in [6, 6.07) is 8.07. The molecule has 5 rings (SSSR count). The predicted molar refractivity (Wildman–Crippen MR) is 120 cm³/mol. The molecule has 2 saturated heterocycles. The van der Waals surface area contributed by atoms with Gasteiger partial charge in [-0.2, -0.15) is 10.4 Å². The van der Waals surface area contributed by atoms with Crippen molar-refractivity contribution < 1.29 is 4.79 Å². The van der Waals surface area contributed by atoms with Gasteiger partial charge in [-0.1, -0.05) is 6.07 Å². The molecule has 2 aliphatic heterocycles. The molecule has 0 aromatic carbocycles. The first kappa shape index (κ1) is 20.4. The molecule has 0 bridgehead atoms. The molecule has 2 aliphatic rings. The maximum atomic E-state index is 13.3. The summed E-state index contributed by atoms with van der Waals surface area (Å²) in [5.41, 5.74) is 4.08. The Balaban J connectivity index is 1.47. The lowest BCUT2D eigenvalue weighted by Crippen LogP contribution is -2.39. The van der Waals surface area contributed by atoms with E-state index in [2.05, 4.69) is 16.0 Å². The molecule has 0 spiro atoms. The van der Waals surface area contributed by atoms with Gasteiger partial charge in [0, 0.05) is 43.7 Å². The van der Waals surface area contributed by atoms with E-state index in [1.54, 1.807) is 6.20 Å². The van der Waals surface area contributed by atoms with Gasteiger partial charge in [-0.15, -0.1) is 0 Å². The van der Waals surface area contributed by atoms with Crippen LogP contribution >= 0.6 is 0 Å². The number of fused-ring (bicyclic) bond motifs is 1. The summed E-state index contributed by atoms with van der Waals surface area (Å²) in [5, 5.41) is 14.1. The zero-order valence-electron chi connectivity index (χ0n) is 18.5. The summed E-state index contributed by atoms with van der Waals surface area (Å²) in [6.45, 7) is 6.22. The number of piperidine rings is 1. The lowest BCUT2D eigenvalue weighted by Gasteiger charge is -2.34. The summed E-state index contributed by atoms with van der Waals surface area (Å²) in [7, 11) is 0. The summed E-state index contributed by atoms with van der Waals surface area (Å²) in [5.74, 6) is 0.946. The molecule has 3 aromatic rings. The number of likely N-dealkylation sites (tertiary alicyclic amines) is 1. The number of aromatic nitrogens is 4. The number of carbonyl (C=O) groups is 1. The fourth-order valence-electron chi connectivity index (χ4n) is 4.89. The Morgan fingerprint density at radius 2 is 2.06 bits per heavy atom. The number of hydrogen-bond acceptors (Lipinski definition) is 6. The molecular weight excluding hydrogens is 402 g/mol. The first-order chi connectivity index (χ1) is 15.5. The van der Waals surface area contributed by atoms with Crippen molar-refractivity contribution in [1.29, 1.82) is 5.26 Å². The second-order valence-corrected chi connectivity index (χ2v) is 8.86. The summed E-state index contributed by atoms with van der Waals surface area (Å²) >= 11 is 0. The van der Waals surface area contributed by atoms with Gasteiger partial charge in [0.25, 0.3) is 5.91 Å². The van der Waals surface area contributed by atoms with E-state index in [-0.39, 0.29) is 17.9 Å². The van der Waals surface area contributed by atoms with Crippen LogP contribution < -0.4 is 4.90 Å². The first-order valence-corrected chi connectivity index (χ1v) is 11.3. The van der Waals surface area contributed by atoms with Crippen LogP contribution in [-0.2, 0) is 0 Å². The number of nitrogens with zero attached hydrogens (tertiary/aromatic N) is 7. The van der Waals surface area contributed by atoms with Gasteiger partial charge in [0.2, 0.25) is 0 Å². The molecule has 0 radical (unpaired) electrons. The van der Waals surface area contributed by atoms with Gasteiger partial charge in [-0.3, -0.25) is 9.78 Å². The van der Waals surface area contributed by atoms with E-state index >= 15 is 0 Å². The van der Waals surface area contributed by atoms with Crippen LogP contribution in [-0.4, -0.2) is 50.0 Å². The van der Waals surface area contributed by atoms with Gasteiger partial charge in [0.05, 0.1) is 23.7 Å². The van der Waals surface area contributed by atoms with Crippen LogP contribution in [0.1, 0.15) is 59.0 Å². The highest BCUT2D eigenvalue weighted by molar-refractivity contribution is 5.94. The second kappa shape index (κ2) is 8.23. The van der Waals surface area contributed by atoms with Crippen molar-refractivity contribution in [2.45, 2.75) is 45.6 Å². The fourth-order valence-corrected chi connectivity index (χ4v) is 4.89. The Hall–Kier alpha value is -3.47. The highest BCUT2D eigenvalue weighted by Crippen LogP contribution is 2.33. The number of aryl methyl sites for hydroxylation is 2. The Morgan fingerprint density at radius 1 is 1.19 bits per heavy atom. The smallest absolute Gasteiger partial charge is 0.273 e. The molecule has 8 heteroatoms. The number of pyridine rings is 1. The van der Waals surface area contributed by atoms with Crippen molar-refractivity contribution in [3.05, 3.63) is 53.1 Å². The molecule has 0 aliphatic carbocycles. The van der Waals surface area contributed by atoms with Gasteiger partial charge < -0.3 is 9.80 Å². The molecule has 1 amide bonds. The van der Waals surface area contributed by atoms with Crippen LogP contribution in [0.15, 0.2) is 30.6 Å². The number of carbonyl (C=O) groups excluding carboxylic acids is 1. The zero-order valence-corrected chi connectivity index (χ0v) is 18.5. The SMILES string of the molecule is Cc1cccnc1C(=O)N1CCCC[C@H]1c1cc2nc(N3CCC(C#N)C3)c(C)cn2n1. The van der Waals surface area contributed by atoms with Gasteiger partial charge in [-0.05, 0) is 51.2 Å². The van der Waals surface area contributed by atoms with Crippen LogP contribution in [0, 0.1) is 31.1 Å². The number of rotatable bonds is 3. The van der Waals surface area contributed by atoms with Crippen LogP contribution in [0.5, 0.6) is 0 Å². The van der Waals surface area contributed by atoms with Gasteiger partial charge in [-0.25, -0.2) is 9.50 Å². The van der Waals surface area contributed by atoms with E-state index in [1.165, 1.54) is 0 Å². The van der Waals surface area contributed by atoms with Crippen molar-refractivity contribution in [1.82, 2.24) is 24.5 Å². The van der Waals surface area contributed by atoms with Crippen molar-refractivity contribution in [2.75, 3.05) is 24.5 Å². The quantitative estimate of drug-likeness (QED) is 0.633. The molecule has 0 N–H and O–H groups in total. The minimum absolute atomic E-state index is 0.0331. The Labute approximate surface area is 187 Å². The average molecular weight is 430 g/mol. The van der Waals surface area contributed by atoms with Crippen molar-refractivity contribution in [3.63, 3.8) is 0 Å². The topological polar surface area (TPSA) is 90.4 Å². The lowest BCUT2D eigenvalue weighted by molar-refractivity contribution is 0.0598. The number of nitriles is 1. The standard InChI is InChI=1S/C24H27N7O/c1-16-6-5-9-26-22(16)24(32)30-10-4-3-7-20(30)19-12-21-27-23(17(2)14-31(21)28-19)29-11-8-18(13-25)15-29/h5-6,9,12,14,18,20H,3-4,7-8,10-11,15H2,1-2H3/t18?,20-/m0/s1. The van der Waals surface area contributed by atoms with E-state index in [0.717, 1.165) is 67.1 Å². The van der Waals surface area contributed by atoms with Gasteiger partial charge >= 0.3 is 0 Å². The van der Waals surface area contributed by atoms with E-state index < -0.39 is 0 Å². The van der Waals surface area contributed by atoms with Gasteiger partial charge in [0.15, 0.2) is 5.65 Å². The Bertz CT molecular complexity index is 1210. The van der Waals surface area contributed by atoms with Crippen molar-refractivity contribution in [3.8, 4) is 6.07 Å². The molecule has 0 saturated carbocycles. The highest BCUT2D eigenvalue weighted by Gasteiger charge is 2.32. The maximum absolute atomic E-state index is 13.3. The van der Waals surface area contributed by atoms with E-state index in [1.807, 2.05) is 47.7 Å². The highest BCUT2D eigenvalue weighted by atomic mass is 16.2. The normalized spacial score (nSPS) is 21.2. The molecule has 1 unspecified atom stereocenters. The lowest BCUT2D eigenvalue weighted by atomic mass is 9.98. The van der Waals surface area contributed by atoms with Crippen molar-refractivity contribution >= 4 is 17.4 Å². The largest absolute Gasteiger partial charge is 0.355 e. The van der Waals surface area contributed by atoms with Crippen LogP contribution in [0.2, 0.25) is 0 Å². The molecule has 2 atom stereocenters. The number of amides is 1. The third-order valence-electron chi connectivity index (χ3n) is 6.61. The predicted octanol–water partition coefficient (Wildman–Crippen LogP) is 3.46. The summed E-state index contributed by atoms with van der Waals surface area (Å²) in [4.78, 5) is 26.7. The molecule has 32 heavy (non-hydrogen) atoms. The summed E-state index contributed by atoms with van der Waals surface area (Å²) < 4.78 is 1.81. The monoisotopic (exact) mass is 429 g/mol. The number of hydrogen-bond donors (Lipinski definition) is 0. The molecule has 5 heterocycles. The molecule has 2 fully saturated rings. The van der Waals surface area contributed by atoms with Crippen molar-refractivity contribution in [2.24, 2.45) is 5.92 Å². The van der Waals surface area contributed by atoms with Crippen LogP contribution in [0.3, 0.4) is 0 Å². The Kier molecular flexibility index (Phi) is 5.25. The molecule has 8 nitrogen and oxygen atoms in total. The van der Waals surface area contributed by atoms with Crippen LogP contribution in [0.4, 0.5) is 5.82 Å². The average Bonchev–Trinajstić information content (AvgIpc) is 3.45. The van der Waals surface area contributed by atoms with Crippen LogP contribution in [0.25, 0.3) is 5.65 Å². The molecular formula is C24H27N7O. The second-order valence-electron chi connectivity index (χ2n) is 8.86. The van der Waals surface area contributed by atoms with Gasteiger partial charge in [0.1, 0.15) is 11.5 Å². The minimum atomic E-state index is -0.0853. The van der Waals surface area contributed by atoms with E-state index in [9.17, 15) is 10.1 Å². The van der Waals surface area contributed by atoms with E-state index in [0.29, 0.717) is 12.2 Å². The minimum Gasteiger partial charge on any atom is -0.355 e. The molecule has 164 valence electrons. The molecule has 3 aromatic heterocycles. The first-order valence-electron chi connectivity index (χ1n) is 11.3. The third kappa shape index (κ3) is 3.58. The van der Waals surface area contributed by atoms with E-state index in [4.69, 9.17) is 10.1 Å². The zero-order chi connectivity index (χ0) is 22.2. The maximum Gasteiger partial charge on any atom is 0.273 e. The summed E-state index contributed by atoms with van der Waals surface area (Å²) in [6.07, 6.45) is 7.47. The fraction of sp³-hybridized carbons (Fsp3) is 0.458. The third-order valence-corrected chi connectivity index (χ3v) is 6.61. The number of anilines is 1. The Morgan fingerprint density at radius 3 is 2.84 bits per heavy atom.